The number of aryl methyl sites for hydroxylation is 1. The Morgan fingerprint density at radius 1 is 1.35 bits per heavy atom. The number of aliphatic imine (C=N–C) groups is 1. The Balaban J connectivity index is 1.80. The van der Waals surface area contributed by atoms with Gasteiger partial charge in [-0.05, 0) is 38.1 Å². The normalized spacial score (nSPS) is 19.1. The highest BCUT2D eigenvalue weighted by atomic mass is 15.3. The fourth-order valence-corrected chi connectivity index (χ4v) is 3.58. The summed E-state index contributed by atoms with van der Waals surface area (Å²) >= 11 is 0. The molecule has 2 N–H and O–H groups in total. The van der Waals surface area contributed by atoms with Crippen molar-refractivity contribution in [3.05, 3.63) is 12.2 Å². The van der Waals surface area contributed by atoms with Gasteiger partial charge in [0.2, 0.25) is 0 Å². The summed E-state index contributed by atoms with van der Waals surface area (Å²) in [5.41, 5.74) is 0. The SMILES string of the molecule is CCNC(=NCC1CCCN(CC(C)C)C1)NCCn1cnnc1CC. The number of guanidine groups is 1. The van der Waals surface area contributed by atoms with E-state index in [1.807, 2.05) is 0 Å². The summed E-state index contributed by atoms with van der Waals surface area (Å²) in [6.07, 6.45) is 5.29. The molecular formula is C19H37N7. The average Bonchev–Trinajstić information content (AvgIpc) is 3.07. The predicted molar refractivity (Wildman–Crippen MR) is 107 cm³/mol. The first-order valence-corrected chi connectivity index (χ1v) is 10.2. The van der Waals surface area contributed by atoms with Gasteiger partial charge in [0, 0.05) is 45.7 Å². The molecule has 1 saturated heterocycles. The van der Waals surface area contributed by atoms with Gasteiger partial charge in [-0.2, -0.15) is 0 Å². The number of likely N-dealkylation sites (tertiary alicyclic amines) is 1. The van der Waals surface area contributed by atoms with Gasteiger partial charge in [-0.1, -0.05) is 20.8 Å². The maximum Gasteiger partial charge on any atom is 0.191 e. The van der Waals surface area contributed by atoms with Gasteiger partial charge >= 0.3 is 0 Å². The molecule has 1 aliphatic rings. The Morgan fingerprint density at radius 2 is 2.19 bits per heavy atom. The highest BCUT2D eigenvalue weighted by molar-refractivity contribution is 5.79. The molecule has 1 aromatic heterocycles. The van der Waals surface area contributed by atoms with Gasteiger partial charge in [0.15, 0.2) is 5.96 Å². The van der Waals surface area contributed by atoms with Crippen LogP contribution in [0.25, 0.3) is 0 Å². The van der Waals surface area contributed by atoms with Gasteiger partial charge in [-0.25, -0.2) is 0 Å². The first-order chi connectivity index (χ1) is 12.6. The zero-order valence-corrected chi connectivity index (χ0v) is 17.0. The standard InChI is InChI=1S/C19H37N7/c1-5-18-24-23-15-26(18)11-9-21-19(20-6-2)22-12-17-8-7-10-25(14-17)13-16(3)4/h15-17H,5-14H2,1-4H3,(H2,20,21,22). The van der Waals surface area contributed by atoms with Crippen molar-refractivity contribution in [1.82, 2.24) is 30.3 Å². The second kappa shape index (κ2) is 11.2. The second-order valence-corrected chi connectivity index (χ2v) is 7.60. The van der Waals surface area contributed by atoms with Crippen molar-refractivity contribution in [3.8, 4) is 0 Å². The fourth-order valence-electron chi connectivity index (χ4n) is 3.58. The molecule has 26 heavy (non-hydrogen) atoms. The summed E-state index contributed by atoms with van der Waals surface area (Å²) in [7, 11) is 0. The van der Waals surface area contributed by atoms with Crippen LogP contribution < -0.4 is 10.6 Å². The monoisotopic (exact) mass is 363 g/mol. The van der Waals surface area contributed by atoms with E-state index in [1.165, 1.54) is 32.5 Å². The number of piperidine rings is 1. The lowest BCUT2D eigenvalue weighted by Crippen LogP contribution is -2.41. The third-order valence-corrected chi connectivity index (χ3v) is 4.74. The molecule has 0 amide bonds. The van der Waals surface area contributed by atoms with Crippen molar-refractivity contribution >= 4 is 5.96 Å². The molecule has 1 unspecified atom stereocenters. The molecule has 0 aliphatic carbocycles. The maximum atomic E-state index is 4.84. The summed E-state index contributed by atoms with van der Waals surface area (Å²) in [5.74, 6) is 3.35. The van der Waals surface area contributed by atoms with E-state index in [0.717, 1.165) is 50.3 Å². The Bertz CT molecular complexity index is 538. The Labute approximate surface area is 158 Å². The number of aromatic nitrogens is 3. The maximum absolute atomic E-state index is 4.84. The number of hydrogen-bond donors (Lipinski definition) is 2. The van der Waals surface area contributed by atoms with Gasteiger partial charge in [0.1, 0.15) is 12.2 Å². The van der Waals surface area contributed by atoms with Crippen LogP contribution in [0, 0.1) is 11.8 Å². The lowest BCUT2D eigenvalue weighted by atomic mass is 9.97. The first kappa shape index (κ1) is 20.7. The van der Waals surface area contributed by atoms with Crippen molar-refractivity contribution in [3.63, 3.8) is 0 Å². The fraction of sp³-hybridized carbons (Fsp3) is 0.842. The molecule has 0 spiro atoms. The van der Waals surface area contributed by atoms with Gasteiger partial charge in [-0.15, -0.1) is 10.2 Å². The molecule has 148 valence electrons. The Kier molecular flexibility index (Phi) is 8.88. The molecule has 7 heteroatoms. The zero-order valence-electron chi connectivity index (χ0n) is 17.0. The molecule has 1 aliphatic heterocycles. The van der Waals surface area contributed by atoms with E-state index < -0.39 is 0 Å². The molecule has 0 saturated carbocycles. The van der Waals surface area contributed by atoms with E-state index in [9.17, 15) is 0 Å². The van der Waals surface area contributed by atoms with Gasteiger partial charge in [0.05, 0.1) is 0 Å². The smallest absolute Gasteiger partial charge is 0.191 e. The summed E-state index contributed by atoms with van der Waals surface area (Å²) in [6, 6.07) is 0. The van der Waals surface area contributed by atoms with Gasteiger partial charge in [-0.3, -0.25) is 4.99 Å². The minimum atomic E-state index is 0.669. The van der Waals surface area contributed by atoms with Crippen molar-refractivity contribution < 1.29 is 0 Å². The number of nitrogens with one attached hydrogen (secondary N) is 2. The van der Waals surface area contributed by atoms with Crippen molar-refractivity contribution in [2.75, 3.05) is 39.3 Å². The molecule has 7 nitrogen and oxygen atoms in total. The van der Waals surface area contributed by atoms with Gasteiger partial charge < -0.3 is 20.1 Å². The lowest BCUT2D eigenvalue weighted by Gasteiger charge is -2.33. The lowest BCUT2D eigenvalue weighted by molar-refractivity contribution is 0.162. The van der Waals surface area contributed by atoms with E-state index in [0.29, 0.717) is 5.92 Å². The Morgan fingerprint density at radius 3 is 2.92 bits per heavy atom. The molecule has 2 rings (SSSR count). The van der Waals surface area contributed by atoms with E-state index in [-0.39, 0.29) is 0 Å². The quantitative estimate of drug-likeness (QED) is 0.517. The summed E-state index contributed by atoms with van der Waals surface area (Å²) in [5, 5.41) is 14.9. The average molecular weight is 364 g/mol. The minimum Gasteiger partial charge on any atom is -0.357 e. The van der Waals surface area contributed by atoms with Crippen molar-refractivity contribution in [1.29, 1.82) is 0 Å². The first-order valence-electron chi connectivity index (χ1n) is 10.2. The molecule has 1 fully saturated rings. The number of rotatable bonds is 9. The van der Waals surface area contributed by atoms with E-state index in [2.05, 4.69) is 58.0 Å². The highest BCUT2D eigenvalue weighted by Gasteiger charge is 2.20. The number of nitrogens with zero attached hydrogens (tertiary/aromatic N) is 5. The zero-order chi connectivity index (χ0) is 18.8. The summed E-state index contributed by atoms with van der Waals surface area (Å²) in [4.78, 5) is 7.44. The molecular weight excluding hydrogens is 326 g/mol. The third-order valence-electron chi connectivity index (χ3n) is 4.74. The third kappa shape index (κ3) is 6.94. The van der Waals surface area contributed by atoms with Crippen LogP contribution in [0.3, 0.4) is 0 Å². The van der Waals surface area contributed by atoms with E-state index in [1.54, 1.807) is 6.33 Å². The van der Waals surface area contributed by atoms with Crippen LogP contribution in [0.15, 0.2) is 11.3 Å². The largest absolute Gasteiger partial charge is 0.357 e. The molecule has 2 heterocycles. The van der Waals surface area contributed by atoms with Crippen LogP contribution in [0.4, 0.5) is 0 Å². The molecule has 0 bridgehead atoms. The van der Waals surface area contributed by atoms with Crippen molar-refractivity contribution in [2.24, 2.45) is 16.8 Å². The minimum absolute atomic E-state index is 0.669. The Hall–Kier alpha value is -1.63. The van der Waals surface area contributed by atoms with Gasteiger partial charge in [0.25, 0.3) is 0 Å². The van der Waals surface area contributed by atoms with E-state index in [4.69, 9.17) is 4.99 Å². The van der Waals surface area contributed by atoms with Crippen LogP contribution in [-0.2, 0) is 13.0 Å². The molecule has 1 atom stereocenters. The predicted octanol–water partition coefficient (Wildman–Crippen LogP) is 1.76. The second-order valence-electron chi connectivity index (χ2n) is 7.60. The van der Waals surface area contributed by atoms with Crippen molar-refractivity contribution in [2.45, 2.75) is 53.5 Å². The van der Waals surface area contributed by atoms with Crippen LogP contribution in [-0.4, -0.2) is 64.9 Å². The number of hydrogen-bond acceptors (Lipinski definition) is 4. The van der Waals surface area contributed by atoms with E-state index >= 15 is 0 Å². The topological polar surface area (TPSA) is 70.4 Å². The van der Waals surface area contributed by atoms with Crippen LogP contribution >= 0.6 is 0 Å². The highest BCUT2D eigenvalue weighted by Crippen LogP contribution is 2.17. The van der Waals surface area contributed by atoms with Crippen LogP contribution in [0.5, 0.6) is 0 Å². The van der Waals surface area contributed by atoms with Crippen LogP contribution in [0.1, 0.15) is 46.4 Å². The molecule has 0 aromatic carbocycles. The van der Waals surface area contributed by atoms with Crippen LogP contribution in [0.2, 0.25) is 0 Å². The molecule has 1 aromatic rings. The molecule has 0 radical (unpaired) electrons. The summed E-state index contributed by atoms with van der Waals surface area (Å²) < 4.78 is 2.10. The summed E-state index contributed by atoms with van der Waals surface area (Å²) in [6.45, 7) is 15.9.